The monoisotopic (exact) mass is 472 g/mol. The fraction of sp³-hybridized carbons (Fsp3) is 0.0455. The van der Waals surface area contributed by atoms with Crippen LogP contribution in [0.25, 0.3) is 17.1 Å². The van der Waals surface area contributed by atoms with Crippen LogP contribution in [0.15, 0.2) is 78.0 Å². The van der Waals surface area contributed by atoms with Gasteiger partial charge in [-0.25, -0.2) is 4.39 Å². The van der Waals surface area contributed by atoms with Crippen molar-refractivity contribution >= 4 is 46.6 Å². The molecule has 1 N–H and O–H groups in total. The van der Waals surface area contributed by atoms with Crippen LogP contribution in [0.4, 0.5) is 10.1 Å². The maximum absolute atomic E-state index is 13.5. The number of benzene rings is 3. The van der Waals surface area contributed by atoms with E-state index in [-0.39, 0.29) is 17.5 Å². The molecule has 1 heterocycles. The number of amides is 1. The van der Waals surface area contributed by atoms with E-state index >= 15 is 0 Å². The van der Waals surface area contributed by atoms with Gasteiger partial charge in [0.1, 0.15) is 5.82 Å². The lowest BCUT2D eigenvalue weighted by Gasteiger charge is -2.11. The van der Waals surface area contributed by atoms with Gasteiger partial charge in [0.05, 0.1) is 5.75 Å². The first-order valence-electron chi connectivity index (χ1n) is 9.15. The second kappa shape index (κ2) is 9.51. The molecule has 0 saturated heterocycles. The van der Waals surface area contributed by atoms with Crippen LogP contribution in [-0.2, 0) is 4.79 Å². The molecule has 0 unspecified atom stereocenters. The minimum absolute atomic E-state index is 0.0816. The van der Waals surface area contributed by atoms with Crippen LogP contribution < -0.4 is 5.32 Å². The lowest BCUT2D eigenvalue weighted by atomic mass is 10.2. The molecular formula is C22H15Cl2FN4OS. The fourth-order valence-corrected chi connectivity index (χ4v) is 4.19. The van der Waals surface area contributed by atoms with Crippen molar-refractivity contribution in [3.05, 3.63) is 88.7 Å². The Balaban J connectivity index is 1.58. The van der Waals surface area contributed by atoms with Crippen molar-refractivity contribution in [2.24, 2.45) is 0 Å². The number of halogens is 3. The topological polar surface area (TPSA) is 59.8 Å². The van der Waals surface area contributed by atoms with Gasteiger partial charge in [-0.2, -0.15) is 0 Å². The van der Waals surface area contributed by atoms with E-state index in [0.29, 0.717) is 32.4 Å². The fourth-order valence-electron chi connectivity index (χ4n) is 2.91. The maximum atomic E-state index is 13.5. The van der Waals surface area contributed by atoms with Gasteiger partial charge in [-0.3, -0.25) is 9.36 Å². The van der Waals surface area contributed by atoms with Gasteiger partial charge in [-0.1, -0.05) is 65.3 Å². The van der Waals surface area contributed by atoms with Crippen molar-refractivity contribution < 1.29 is 9.18 Å². The van der Waals surface area contributed by atoms with E-state index in [4.69, 9.17) is 23.2 Å². The molecule has 0 fully saturated rings. The van der Waals surface area contributed by atoms with E-state index < -0.39 is 0 Å². The smallest absolute Gasteiger partial charge is 0.234 e. The molecule has 1 amide bonds. The molecule has 0 aliphatic carbocycles. The van der Waals surface area contributed by atoms with Crippen molar-refractivity contribution in [2.75, 3.05) is 11.1 Å². The zero-order valence-electron chi connectivity index (χ0n) is 15.9. The van der Waals surface area contributed by atoms with Crippen molar-refractivity contribution in [1.29, 1.82) is 0 Å². The number of anilines is 1. The lowest BCUT2D eigenvalue weighted by molar-refractivity contribution is -0.113. The molecule has 4 rings (SSSR count). The zero-order valence-corrected chi connectivity index (χ0v) is 18.3. The second-order valence-electron chi connectivity index (χ2n) is 6.48. The van der Waals surface area contributed by atoms with Crippen LogP contribution >= 0.6 is 35.0 Å². The van der Waals surface area contributed by atoms with Gasteiger partial charge in [-0.05, 0) is 42.5 Å². The number of hydrogen-bond donors (Lipinski definition) is 1. The van der Waals surface area contributed by atoms with Crippen molar-refractivity contribution in [3.8, 4) is 17.1 Å². The van der Waals surface area contributed by atoms with Crippen molar-refractivity contribution in [2.45, 2.75) is 5.16 Å². The first kappa shape index (κ1) is 21.4. The summed E-state index contributed by atoms with van der Waals surface area (Å²) in [5.74, 6) is 0.0833. The molecular weight excluding hydrogens is 458 g/mol. The largest absolute Gasteiger partial charge is 0.325 e. The van der Waals surface area contributed by atoms with Crippen LogP contribution in [0.2, 0.25) is 10.0 Å². The van der Waals surface area contributed by atoms with E-state index in [9.17, 15) is 9.18 Å². The molecule has 31 heavy (non-hydrogen) atoms. The van der Waals surface area contributed by atoms with Crippen LogP contribution in [0, 0.1) is 5.82 Å². The summed E-state index contributed by atoms with van der Waals surface area (Å²) in [5.41, 5.74) is 2.05. The molecule has 9 heteroatoms. The number of nitrogens with zero attached hydrogens (tertiary/aromatic N) is 3. The Kier molecular flexibility index (Phi) is 6.56. The van der Waals surface area contributed by atoms with Gasteiger partial charge in [0, 0.05) is 27.0 Å². The molecule has 1 aromatic heterocycles. The Morgan fingerprint density at radius 3 is 2.32 bits per heavy atom. The third-order valence-corrected chi connectivity index (χ3v) is 5.59. The van der Waals surface area contributed by atoms with Gasteiger partial charge in [0.2, 0.25) is 5.91 Å². The molecule has 156 valence electrons. The highest BCUT2D eigenvalue weighted by molar-refractivity contribution is 7.99. The van der Waals surface area contributed by atoms with Gasteiger partial charge in [-0.15, -0.1) is 10.2 Å². The molecule has 0 aliphatic rings. The molecule has 0 bridgehead atoms. The first-order valence-corrected chi connectivity index (χ1v) is 10.9. The third kappa shape index (κ3) is 5.25. The number of hydrogen-bond acceptors (Lipinski definition) is 4. The first-order chi connectivity index (χ1) is 15.0. The highest BCUT2D eigenvalue weighted by Crippen LogP contribution is 2.28. The predicted octanol–water partition coefficient (Wildman–Crippen LogP) is 6.11. The number of carbonyl (C=O) groups is 1. The molecule has 4 aromatic rings. The normalized spacial score (nSPS) is 10.8. The number of rotatable bonds is 6. The summed E-state index contributed by atoms with van der Waals surface area (Å²) in [6.45, 7) is 0. The van der Waals surface area contributed by atoms with Crippen LogP contribution in [0.5, 0.6) is 0 Å². The summed E-state index contributed by atoms with van der Waals surface area (Å²) >= 11 is 13.2. The highest BCUT2D eigenvalue weighted by Gasteiger charge is 2.17. The average Bonchev–Trinajstić information content (AvgIpc) is 3.17. The van der Waals surface area contributed by atoms with Gasteiger partial charge in [0.25, 0.3) is 0 Å². The Hall–Kier alpha value is -2.87. The van der Waals surface area contributed by atoms with E-state index in [1.807, 2.05) is 30.3 Å². The van der Waals surface area contributed by atoms with Gasteiger partial charge in [0.15, 0.2) is 11.0 Å². The van der Waals surface area contributed by atoms with Gasteiger partial charge >= 0.3 is 0 Å². The quantitative estimate of drug-likeness (QED) is 0.343. The number of nitrogens with one attached hydrogen (secondary N) is 1. The summed E-state index contributed by atoms with van der Waals surface area (Å²) in [6.07, 6.45) is 0. The van der Waals surface area contributed by atoms with E-state index in [0.717, 1.165) is 5.56 Å². The molecule has 0 saturated carbocycles. The maximum Gasteiger partial charge on any atom is 0.234 e. The standard InChI is InChI=1S/C22H15Cl2FN4OS/c23-15-10-16(24)12-18(11-15)26-20(30)13-31-22-28-27-21(14-4-2-1-3-5-14)29(22)19-8-6-17(25)7-9-19/h1-12H,13H2,(H,26,30). The summed E-state index contributed by atoms with van der Waals surface area (Å²) in [5, 5.41) is 12.7. The number of thioether (sulfide) groups is 1. The van der Waals surface area contributed by atoms with Crippen LogP contribution in [0.3, 0.4) is 0 Å². The average molecular weight is 473 g/mol. The Bertz CT molecular complexity index is 1200. The Morgan fingerprint density at radius 2 is 1.65 bits per heavy atom. The second-order valence-corrected chi connectivity index (χ2v) is 8.29. The molecule has 5 nitrogen and oxygen atoms in total. The highest BCUT2D eigenvalue weighted by atomic mass is 35.5. The minimum Gasteiger partial charge on any atom is -0.325 e. The molecule has 0 radical (unpaired) electrons. The van der Waals surface area contributed by atoms with Crippen LogP contribution in [0.1, 0.15) is 0 Å². The van der Waals surface area contributed by atoms with E-state index in [2.05, 4.69) is 15.5 Å². The molecule has 0 atom stereocenters. The summed E-state index contributed by atoms with van der Waals surface area (Å²) in [7, 11) is 0. The molecule has 0 spiro atoms. The van der Waals surface area contributed by atoms with Crippen molar-refractivity contribution in [1.82, 2.24) is 14.8 Å². The predicted molar refractivity (Wildman–Crippen MR) is 123 cm³/mol. The summed E-state index contributed by atoms with van der Waals surface area (Å²) < 4.78 is 15.2. The Labute approximate surface area is 192 Å². The third-order valence-electron chi connectivity index (χ3n) is 4.23. The summed E-state index contributed by atoms with van der Waals surface area (Å²) in [6, 6.07) is 20.4. The van der Waals surface area contributed by atoms with Gasteiger partial charge < -0.3 is 5.32 Å². The van der Waals surface area contributed by atoms with E-state index in [1.54, 1.807) is 34.9 Å². The van der Waals surface area contributed by atoms with Crippen LogP contribution in [-0.4, -0.2) is 26.4 Å². The SMILES string of the molecule is O=C(CSc1nnc(-c2ccccc2)n1-c1ccc(F)cc1)Nc1cc(Cl)cc(Cl)c1. The minimum atomic E-state index is -0.341. The zero-order chi connectivity index (χ0) is 21.8. The van der Waals surface area contributed by atoms with Crippen molar-refractivity contribution in [3.63, 3.8) is 0 Å². The molecule has 0 aliphatic heterocycles. The Morgan fingerprint density at radius 1 is 0.968 bits per heavy atom. The van der Waals surface area contributed by atoms with E-state index in [1.165, 1.54) is 23.9 Å². The lowest BCUT2D eigenvalue weighted by Crippen LogP contribution is -2.14. The molecule has 3 aromatic carbocycles. The number of carbonyl (C=O) groups excluding carboxylic acids is 1. The number of aromatic nitrogens is 3. The summed E-state index contributed by atoms with van der Waals surface area (Å²) in [4.78, 5) is 12.5.